The van der Waals surface area contributed by atoms with Crippen molar-refractivity contribution in [3.05, 3.63) is 41.9 Å². The van der Waals surface area contributed by atoms with Crippen molar-refractivity contribution in [2.45, 2.75) is 0 Å². The van der Waals surface area contributed by atoms with E-state index in [0.717, 1.165) is 5.69 Å². The molecule has 0 spiro atoms. The fourth-order valence-corrected chi connectivity index (χ4v) is 1.64. The maximum absolute atomic E-state index is 11.5. The van der Waals surface area contributed by atoms with Crippen molar-refractivity contribution in [2.75, 3.05) is 18.4 Å². The standard InChI is InChI=1S/C12H12ClN3O/c1-2-7-16-11(17)8-14-12(16)15-10-5-3-9(13)4-6-10/h2-6H,1,7-8H2,(H,14,15). The summed E-state index contributed by atoms with van der Waals surface area (Å²) in [5, 5.41) is 3.75. The van der Waals surface area contributed by atoms with Crippen LogP contribution < -0.4 is 5.32 Å². The van der Waals surface area contributed by atoms with E-state index in [0.29, 0.717) is 17.5 Å². The molecule has 0 aliphatic carbocycles. The van der Waals surface area contributed by atoms with Crippen LogP contribution in [0.25, 0.3) is 0 Å². The Balaban J connectivity index is 2.10. The predicted octanol–water partition coefficient (Wildman–Crippen LogP) is 2.14. The third-order valence-corrected chi connectivity index (χ3v) is 2.58. The van der Waals surface area contributed by atoms with Crippen LogP contribution in [0.3, 0.4) is 0 Å². The number of carbonyl (C=O) groups is 1. The van der Waals surface area contributed by atoms with Crippen LogP contribution >= 0.6 is 11.6 Å². The molecule has 0 fully saturated rings. The van der Waals surface area contributed by atoms with Gasteiger partial charge in [-0.05, 0) is 24.3 Å². The number of carbonyl (C=O) groups excluding carboxylic acids is 1. The number of nitrogens with one attached hydrogen (secondary N) is 1. The van der Waals surface area contributed by atoms with Gasteiger partial charge in [-0.1, -0.05) is 17.7 Å². The van der Waals surface area contributed by atoms with Crippen molar-refractivity contribution in [3.8, 4) is 0 Å². The van der Waals surface area contributed by atoms with Gasteiger partial charge in [0.25, 0.3) is 5.91 Å². The largest absolute Gasteiger partial charge is 0.326 e. The van der Waals surface area contributed by atoms with E-state index in [4.69, 9.17) is 11.6 Å². The summed E-state index contributed by atoms with van der Waals surface area (Å²) in [5.41, 5.74) is 0.844. The Bertz CT molecular complexity index is 467. The van der Waals surface area contributed by atoms with Crippen LogP contribution in [-0.2, 0) is 4.79 Å². The quantitative estimate of drug-likeness (QED) is 0.835. The van der Waals surface area contributed by atoms with E-state index < -0.39 is 0 Å². The van der Waals surface area contributed by atoms with Crippen molar-refractivity contribution >= 4 is 29.2 Å². The van der Waals surface area contributed by atoms with Gasteiger partial charge < -0.3 is 5.32 Å². The Kier molecular flexibility index (Phi) is 3.44. The maximum Gasteiger partial charge on any atom is 0.251 e. The molecule has 1 N–H and O–H groups in total. The van der Waals surface area contributed by atoms with Gasteiger partial charge in [0.1, 0.15) is 6.54 Å². The van der Waals surface area contributed by atoms with Crippen LogP contribution in [0.15, 0.2) is 41.9 Å². The molecule has 0 radical (unpaired) electrons. The molecule has 0 aromatic heterocycles. The SMILES string of the molecule is C=CCN1C(=O)CN=C1Nc1ccc(Cl)cc1. The molecule has 1 heterocycles. The summed E-state index contributed by atoms with van der Waals surface area (Å²) in [7, 11) is 0. The zero-order valence-electron chi connectivity index (χ0n) is 9.19. The summed E-state index contributed by atoms with van der Waals surface area (Å²) in [6, 6.07) is 7.22. The molecule has 1 aromatic rings. The van der Waals surface area contributed by atoms with Crippen LogP contribution in [0.4, 0.5) is 5.69 Å². The van der Waals surface area contributed by atoms with Gasteiger partial charge in [-0.15, -0.1) is 6.58 Å². The van der Waals surface area contributed by atoms with E-state index >= 15 is 0 Å². The summed E-state index contributed by atoms with van der Waals surface area (Å²) in [6.07, 6.45) is 1.67. The lowest BCUT2D eigenvalue weighted by Gasteiger charge is -2.17. The summed E-state index contributed by atoms with van der Waals surface area (Å²) in [6.45, 7) is 4.26. The van der Waals surface area contributed by atoms with Crippen molar-refractivity contribution in [3.63, 3.8) is 0 Å². The second-order valence-electron chi connectivity index (χ2n) is 3.56. The number of aliphatic imine (C=N–C) groups is 1. The molecule has 0 saturated carbocycles. The maximum atomic E-state index is 11.5. The molecule has 1 aromatic carbocycles. The highest BCUT2D eigenvalue weighted by Crippen LogP contribution is 2.15. The molecule has 0 bridgehead atoms. The van der Waals surface area contributed by atoms with Gasteiger partial charge in [-0.25, -0.2) is 4.99 Å². The fraction of sp³-hybridized carbons (Fsp3) is 0.167. The summed E-state index contributed by atoms with van der Waals surface area (Å²) in [5.74, 6) is 0.526. The van der Waals surface area contributed by atoms with E-state index in [9.17, 15) is 4.79 Å². The molecule has 5 heteroatoms. The first-order valence-electron chi connectivity index (χ1n) is 5.19. The zero-order chi connectivity index (χ0) is 12.3. The Morgan fingerprint density at radius 1 is 1.47 bits per heavy atom. The van der Waals surface area contributed by atoms with Gasteiger partial charge in [0.2, 0.25) is 5.96 Å². The van der Waals surface area contributed by atoms with Gasteiger partial charge >= 0.3 is 0 Å². The van der Waals surface area contributed by atoms with Gasteiger partial charge in [0.15, 0.2) is 0 Å². The Hall–Kier alpha value is -1.81. The minimum absolute atomic E-state index is 0.0265. The Morgan fingerprint density at radius 3 is 2.82 bits per heavy atom. The smallest absolute Gasteiger partial charge is 0.251 e. The van der Waals surface area contributed by atoms with Crippen molar-refractivity contribution in [1.29, 1.82) is 0 Å². The van der Waals surface area contributed by atoms with Crippen LogP contribution in [0.5, 0.6) is 0 Å². The highest BCUT2D eigenvalue weighted by Gasteiger charge is 2.23. The summed E-state index contributed by atoms with van der Waals surface area (Å²) in [4.78, 5) is 17.2. The lowest BCUT2D eigenvalue weighted by Crippen LogP contribution is -2.36. The molecule has 1 aliphatic heterocycles. The minimum Gasteiger partial charge on any atom is -0.326 e. The Morgan fingerprint density at radius 2 is 2.18 bits per heavy atom. The number of hydrogen-bond donors (Lipinski definition) is 1. The van der Waals surface area contributed by atoms with Gasteiger partial charge in [-0.2, -0.15) is 0 Å². The zero-order valence-corrected chi connectivity index (χ0v) is 9.94. The van der Waals surface area contributed by atoms with Crippen LogP contribution in [0.2, 0.25) is 5.02 Å². The highest BCUT2D eigenvalue weighted by molar-refractivity contribution is 6.30. The number of nitrogens with zero attached hydrogens (tertiary/aromatic N) is 2. The van der Waals surface area contributed by atoms with E-state index in [1.807, 2.05) is 12.1 Å². The number of rotatable bonds is 3. The highest BCUT2D eigenvalue weighted by atomic mass is 35.5. The molecule has 4 nitrogen and oxygen atoms in total. The van der Waals surface area contributed by atoms with Crippen LogP contribution in [-0.4, -0.2) is 29.9 Å². The first kappa shape index (κ1) is 11.7. The number of hydrogen-bond acceptors (Lipinski definition) is 3. The van der Waals surface area contributed by atoms with Gasteiger partial charge in [-0.3, -0.25) is 9.69 Å². The van der Waals surface area contributed by atoms with Crippen LogP contribution in [0, 0.1) is 0 Å². The minimum atomic E-state index is -0.0265. The first-order valence-corrected chi connectivity index (χ1v) is 5.57. The van der Waals surface area contributed by atoms with E-state index in [1.54, 1.807) is 23.1 Å². The topological polar surface area (TPSA) is 44.7 Å². The van der Waals surface area contributed by atoms with Crippen molar-refractivity contribution in [1.82, 2.24) is 4.90 Å². The van der Waals surface area contributed by atoms with Crippen molar-refractivity contribution in [2.24, 2.45) is 4.99 Å². The molecule has 0 unspecified atom stereocenters. The third-order valence-electron chi connectivity index (χ3n) is 2.33. The average molecular weight is 250 g/mol. The Labute approximate surface area is 105 Å². The number of amides is 1. The normalized spacial score (nSPS) is 14.8. The second-order valence-corrected chi connectivity index (χ2v) is 4.00. The van der Waals surface area contributed by atoms with E-state index in [-0.39, 0.29) is 12.5 Å². The number of halogens is 1. The van der Waals surface area contributed by atoms with E-state index in [2.05, 4.69) is 16.9 Å². The monoisotopic (exact) mass is 249 g/mol. The molecule has 2 rings (SSSR count). The van der Waals surface area contributed by atoms with Gasteiger partial charge in [0.05, 0.1) is 0 Å². The number of anilines is 1. The predicted molar refractivity (Wildman–Crippen MR) is 69.3 cm³/mol. The van der Waals surface area contributed by atoms with Crippen molar-refractivity contribution < 1.29 is 4.79 Å². The third kappa shape index (κ3) is 2.65. The second kappa shape index (κ2) is 5.01. The molecule has 0 atom stereocenters. The molecular formula is C12H12ClN3O. The summed E-state index contributed by atoms with van der Waals surface area (Å²) < 4.78 is 0. The molecule has 88 valence electrons. The fourth-order valence-electron chi connectivity index (χ4n) is 1.52. The van der Waals surface area contributed by atoms with Gasteiger partial charge in [0, 0.05) is 17.3 Å². The molecule has 1 amide bonds. The lowest BCUT2D eigenvalue weighted by molar-refractivity contribution is -0.124. The van der Waals surface area contributed by atoms with E-state index in [1.165, 1.54) is 0 Å². The summed E-state index contributed by atoms with van der Waals surface area (Å²) >= 11 is 5.79. The molecule has 0 saturated heterocycles. The lowest BCUT2D eigenvalue weighted by atomic mass is 10.3. The number of benzene rings is 1. The molecular weight excluding hydrogens is 238 g/mol. The first-order chi connectivity index (χ1) is 8.20. The van der Waals surface area contributed by atoms with Crippen LogP contribution in [0.1, 0.15) is 0 Å². The average Bonchev–Trinajstić information content (AvgIpc) is 2.65. The molecule has 17 heavy (non-hydrogen) atoms. The number of guanidine groups is 1. The molecule has 1 aliphatic rings.